The van der Waals surface area contributed by atoms with Crippen molar-refractivity contribution in [3.05, 3.63) is 18.2 Å². The molecule has 1 aromatic heterocycles. The summed E-state index contributed by atoms with van der Waals surface area (Å²) in [6.45, 7) is 5.62. The van der Waals surface area contributed by atoms with Crippen molar-refractivity contribution in [2.45, 2.75) is 26.7 Å². The summed E-state index contributed by atoms with van der Waals surface area (Å²) in [5, 5.41) is 0. The number of ether oxygens (including phenoxy) is 2. The van der Waals surface area contributed by atoms with E-state index in [1.807, 2.05) is 18.2 Å². The van der Waals surface area contributed by atoms with Crippen LogP contribution >= 0.6 is 0 Å². The molecule has 0 saturated carbocycles. The number of H-pyrrole nitrogens is 1. The molecule has 1 heterocycles. The second-order valence-electron chi connectivity index (χ2n) is 3.08. The van der Waals surface area contributed by atoms with E-state index in [1.54, 1.807) is 0 Å². The molecule has 0 unspecified atom stereocenters. The maximum absolute atomic E-state index is 5.44. The van der Waals surface area contributed by atoms with Crippen LogP contribution < -0.4 is 14.5 Å². The van der Waals surface area contributed by atoms with Crippen molar-refractivity contribution < 1.29 is 14.5 Å². The van der Waals surface area contributed by atoms with E-state index in [9.17, 15) is 0 Å². The van der Waals surface area contributed by atoms with Crippen molar-refractivity contribution >= 4 is 0 Å². The van der Waals surface area contributed by atoms with E-state index in [4.69, 9.17) is 9.47 Å². The van der Waals surface area contributed by atoms with Crippen LogP contribution in [0.2, 0.25) is 0 Å². The van der Waals surface area contributed by atoms with Crippen LogP contribution in [0.5, 0.6) is 11.8 Å². The van der Waals surface area contributed by atoms with Gasteiger partial charge in [0.2, 0.25) is 0 Å². The van der Waals surface area contributed by atoms with E-state index < -0.39 is 0 Å². The van der Waals surface area contributed by atoms with Gasteiger partial charge in [-0.3, -0.25) is 0 Å². The highest BCUT2D eigenvalue weighted by atomic mass is 16.5. The number of pyridine rings is 1. The lowest BCUT2D eigenvalue weighted by Crippen LogP contribution is -2.14. The smallest absolute Gasteiger partial charge is 0.369 e. The highest BCUT2D eigenvalue weighted by molar-refractivity contribution is 5.10. The molecule has 78 valence electrons. The van der Waals surface area contributed by atoms with Gasteiger partial charge in [0.05, 0.1) is 25.3 Å². The largest absolute Gasteiger partial charge is 0.444 e. The zero-order chi connectivity index (χ0) is 10.2. The minimum Gasteiger partial charge on any atom is -0.444 e. The lowest BCUT2D eigenvalue weighted by molar-refractivity contribution is -0.409. The molecule has 0 amide bonds. The van der Waals surface area contributed by atoms with E-state index >= 15 is 0 Å². The summed E-state index contributed by atoms with van der Waals surface area (Å²) in [5.41, 5.74) is 0. The molecule has 0 aliphatic rings. The summed E-state index contributed by atoms with van der Waals surface area (Å²) >= 11 is 0. The van der Waals surface area contributed by atoms with Gasteiger partial charge in [-0.05, 0) is 18.9 Å². The Morgan fingerprint density at radius 3 is 1.93 bits per heavy atom. The van der Waals surface area contributed by atoms with Crippen LogP contribution in [0.3, 0.4) is 0 Å². The maximum atomic E-state index is 5.44. The summed E-state index contributed by atoms with van der Waals surface area (Å²) in [6.07, 6.45) is 2.02. The molecule has 0 bridgehead atoms. The van der Waals surface area contributed by atoms with Crippen molar-refractivity contribution in [1.82, 2.24) is 0 Å². The van der Waals surface area contributed by atoms with Crippen molar-refractivity contribution in [2.24, 2.45) is 0 Å². The summed E-state index contributed by atoms with van der Waals surface area (Å²) < 4.78 is 10.9. The van der Waals surface area contributed by atoms with Gasteiger partial charge in [0, 0.05) is 0 Å². The van der Waals surface area contributed by atoms with Gasteiger partial charge in [0.15, 0.2) is 0 Å². The van der Waals surface area contributed by atoms with E-state index in [1.165, 1.54) is 0 Å². The van der Waals surface area contributed by atoms with Crippen LogP contribution in [0.1, 0.15) is 26.7 Å². The Bertz CT molecular complexity index is 240. The first-order valence-corrected chi connectivity index (χ1v) is 5.14. The third kappa shape index (κ3) is 3.64. The van der Waals surface area contributed by atoms with Gasteiger partial charge in [-0.1, -0.05) is 13.8 Å². The highest BCUT2D eigenvalue weighted by Gasteiger charge is 2.05. The first-order chi connectivity index (χ1) is 6.86. The lowest BCUT2D eigenvalue weighted by atomic mass is 10.4. The SMILES string of the molecule is CCCOc1cccc(OCCC)[nH+]1. The Morgan fingerprint density at radius 2 is 1.50 bits per heavy atom. The molecular formula is C11H18NO2+. The highest BCUT2D eigenvalue weighted by Crippen LogP contribution is 2.07. The minimum atomic E-state index is 0.730. The first-order valence-electron chi connectivity index (χ1n) is 5.14. The van der Waals surface area contributed by atoms with Crippen molar-refractivity contribution in [3.63, 3.8) is 0 Å². The van der Waals surface area contributed by atoms with Crippen LogP contribution in [-0.4, -0.2) is 13.2 Å². The Hall–Kier alpha value is -1.25. The molecule has 3 heteroatoms. The fraction of sp³-hybridized carbons (Fsp3) is 0.545. The molecular weight excluding hydrogens is 178 g/mol. The average Bonchev–Trinajstić information content (AvgIpc) is 2.24. The molecule has 0 atom stereocenters. The van der Waals surface area contributed by atoms with Gasteiger partial charge in [0.25, 0.3) is 0 Å². The summed E-state index contributed by atoms with van der Waals surface area (Å²) in [7, 11) is 0. The molecule has 0 aromatic carbocycles. The van der Waals surface area contributed by atoms with Crippen molar-refractivity contribution in [3.8, 4) is 11.8 Å². The molecule has 0 spiro atoms. The van der Waals surface area contributed by atoms with Gasteiger partial charge in [-0.2, -0.15) is 0 Å². The molecule has 1 N–H and O–H groups in total. The number of aromatic nitrogens is 1. The van der Waals surface area contributed by atoms with E-state index in [2.05, 4.69) is 18.8 Å². The fourth-order valence-electron chi connectivity index (χ4n) is 1.02. The average molecular weight is 196 g/mol. The van der Waals surface area contributed by atoms with Crippen molar-refractivity contribution in [1.29, 1.82) is 0 Å². The van der Waals surface area contributed by atoms with Gasteiger partial charge < -0.3 is 9.47 Å². The lowest BCUT2D eigenvalue weighted by Gasteiger charge is -2.00. The van der Waals surface area contributed by atoms with Gasteiger partial charge in [0.1, 0.15) is 0 Å². The standard InChI is InChI=1S/C11H17NO2/c1-3-8-13-10-6-5-7-11(12-10)14-9-4-2/h5-7H,3-4,8-9H2,1-2H3/p+1. The summed E-state index contributed by atoms with van der Waals surface area (Å²) in [6, 6.07) is 5.72. The summed E-state index contributed by atoms with van der Waals surface area (Å²) in [5.74, 6) is 1.53. The number of aromatic amines is 1. The molecule has 0 fully saturated rings. The van der Waals surface area contributed by atoms with Crippen LogP contribution in [0.25, 0.3) is 0 Å². The Morgan fingerprint density at radius 1 is 1.00 bits per heavy atom. The van der Waals surface area contributed by atoms with Crippen LogP contribution in [0.4, 0.5) is 0 Å². The zero-order valence-electron chi connectivity index (χ0n) is 8.88. The first kappa shape index (κ1) is 10.8. The normalized spacial score (nSPS) is 9.86. The third-order valence-electron chi connectivity index (χ3n) is 1.66. The molecule has 1 aromatic rings. The molecule has 0 radical (unpaired) electrons. The molecule has 3 nitrogen and oxygen atoms in total. The van der Waals surface area contributed by atoms with Gasteiger partial charge in [-0.15, -0.1) is 4.98 Å². The fourth-order valence-corrected chi connectivity index (χ4v) is 1.02. The van der Waals surface area contributed by atoms with Crippen LogP contribution in [0, 0.1) is 0 Å². The number of hydrogen-bond donors (Lipinski definition) is 0. The van der Waals surface area contributed by atoms with E-state index in [0.717, 1.165) is 37.8 Å². The van der Waals surface area contributed by atoms with Gasteiger partial charge in [-0.25, -0.2) is 0 Å². The third-order valence-corrected chi connectivity index (χ3v) is 1.66. The maximum Gasteiger partial charge on any atom is 0.369 e. The van der Waals surface area contributed by atoms with E-state index in [-0.39, 0.29) is 0 Å². The molecule has 1 rings (SSSR count). The topological polar surface area (TPSA) is 32.6 Å². The monoisotopic (exact) mass is 196 g/mol. The zero-order valence-corrected chi connectivity index (χ0v) is 8.88. The second kappa shape index (κ2) is 6.24. The summed E-state index contributed by atoms with van der Waals surface area (Å²) in [4.78, 5) is 3.07. The molecule has 14 heavy (non-hydrogen) atoms. The predicted molar refractivity (Wildman–Crippen MR) is 54.6 cm³/mol. The van der Waals surface area contributed by atoms with Gasteiger partial charge >= 0.3 is 11.8 Å². The molecule has 0 aliphatic heterocycles. The van der Waals surface area contributed by atoms with Crippen molar-refractivity contribution in [2.75, 3.05) is 13.2 Å². The Balaban J connectivity index is 2.50. The van der Waals surface area contributed by atoms with Crippen LogP contribution in [-0.2, 0) is 0 Å². The van der Waals surface area contributed by atoms with Crippen LogP contribution in [0.15, 0.2) is 18.2 Å². The molecule has 0 saturated heterocycles. The predicted octanol–water partition coefficient (Wildman–Crippen LogP) is 2.08. The number of hydrogen-bond acceptors (Lipinski definition) is 2. The molecule has 0 aliphatic carbocycles. The Labute approximate surface area is 85.1 Å². The van der Waals surface area contributed by atoms with E-state index in [0.29, 0.717) is 0 Å². The second-order valence-corrected chi connectivity index (χ2v) is 3.08. The number of nitrogens with one attached hydrogen (secondary N) is 1. The minimum absolute atomic E-state index is 0.730. The Kier molecular flexibility index (Phi) is 4.83. The quantitative estimate of drug-likeness (QED) is 0.697. The number of rotatable bonds is 6.